The van der Waals surface area contributed by atoms with E-state index in [1.54, 1.807) is 24.3 Å². The smallest absolute Gasteiger partial charge is 0.328 e. The third-order valence-corrected chi connectivity index (χ3v) is 4.25. The van der Waals surface area contributed by atoms with E-state index in [1.807, 2.05) is 4.90 Å². The zero-order chi connectivity index (χ0) is 14.8. The lowest BCUT2D eigenvalue weighted by molar-refractivity contribution is -0.131. The van der Waals surface area contributed by atoms with Crippen molar-refractivity contribution in [1.82, 2.24) is 4.90 Å². The lowest BCUT2D eigenvalue weighted by atomic mass is 10.1. The number of hydrogen-bond acceptors (Lipinski definition) is 2. The Morgan fingerprint density at radius 3 is 2.57 bits per heavy atom. The van der Waals surface area contributed by atoms with Gasteiger partial charge < -0.3 is 15.3 Å². The number of aliphatic carboxylic acids is 1. The van der Waals surface area contributed by atoms with E-state index < -0.39 is 5.97 Å². The van der Waals surface area contributed by atoms with Crippen LogP contribution >= 0.6 is 0 Å². The maximum absolute atomic E-state index is 12.2. The summed E-state index contributed by atoms with van der Waals surface area (Å²) in [6.45, 7) is 0.871. The molecule has 2 amide bonds. The molecule has 2 atom stereocenters. The molecule has 1 aromatic rings. The minimum atomic E-state index is -0.975. The fourth-order valence-corrected chi connectivity index (χ4v) is 3.21. The molecule has 3 rings (SSSR count). The first-order valence-corrected chi connectivity index (χ1v) is 7.20. The normalized spacial score (nSPS) is 23.7. The van der Waals surface area contributed by atoms with E-state index >= 15 is 0 Å². The van der Waals surface area contributed by atoms with Gasteiger partial charge in [0.05, 0.1) is 0 Å². The monoisotopic (exact) mass is 286 g/mol. The van der Waals surface area contributed by atoms with E-state index in [-0.39, 0.29) is 6.03 Å². The van der Waals surface area contributed by atoms with Crippen LogP contribution in [-0.4, -0.2) is 34.6 Å². The maximum atomic E-state index is 12.2. The molecule has 2 fully saturated rings. The van der Waals surface area contributed by atoms with Gasteiger partial charge in [0.15, 0.2) is 0 Å². The number of anilines is 1. The molecule has 5 nitrogen and oxygen atoms in total. The molecule has 1 aliphatic carbocycles. The molecule has 2 aliphatic rings. The quantitative estimate of drug-likeness (QED) is 0.839. The van der Waals surface area contributed by atoms with E-state index in [1.165, 1.54) is 12.5 Å². The molecule has 5 heteroatoms. The molecular formula is C16H18N2O3. The molecule has 1 saturated carbocycles. The Morgan fingerprint density at radius 1 is 1.24 bits per heavy atom. The first-order chi connectivity index (χ1) is 10.1. The van der Waals surface area contributed by atoms with Gasteiger partial charge in [-0.05, 0) is 49.0 Å². The minimum Gasteiger partial charge on any atom is -0.478 e. The van der Waals surface area contributed by atoms with E-state index in [4.69, 9.17) is 5.11 Å². The lowest BCUT2D eigenvalue weighted by Crippen LogP contribution is -2.40. The third-order valence-electron chi connectivity index (χ3n) is 4.25. The predicted molar refractivity (Wildman–Crippen MR) is 80.0 cm³/mol. The van der Waals surface area contributed by atoms with Gasteiger partial charge in [-0.3, -0.25) is 0 Å². The van der Waals surface area contributed by atoms with Crippen molar-refractivity contribution in [2.75, 3.05) is 11.9 Å². The van der Waals surface area contributed by atoms with E-state index in [9.17, 15) is 9.59 Å². The number of nitrogens with zero attached hydrogens (tertiary/aromatic N) is 1. The molecule has 0 spiro atoms. The highest BCUT2D eigenvalue weighted by Gasteiger charge is 2.40. The molecule has 21 heavy (non-hydrogen) atoms. The van der Waals surface area contributed by atoms with Gasteiger partial charge >= 0.3 is 12.0 Å². The number of hydrogen-bond donors (Lipinski definition) is 2. The highest BCUT2D eigenvalue weighted by Crippen LogP contribution is 2.37. The first-order valence-electron chi connectivity index (χ1n) is 7.20. The molecule has 1 heterocycles. The Hall–Kier alpha value is -2.30. The zero-order valence-electron chi connectivity index (χ0n) is 11.7. The van der Waals surface area contributed by atoms with Crippen LogP contribution in [-0.2, 0) is 4.79 Å². The van der Waals surface area contributed by atoms with Crippen molar-refractivity contribution >= 4 is 23.8 Å². The van der Waals surface area contributed by atoms with Crippen LogP contribution in [0.5, 0.6) is 0 Å². The van der Waals surface area contributed by atoms with Gasteiger partial charge in [-0.25, -0.2) is 9.59 Å². The summed E-state index contributed by atoms with van der Waals surface area (Å²) in [5, 5.41) is 11.5. The van der Waals surface area contributed by atoms with E-state index in [0.717, 1.165) is 36.7 Å². The molecule has 2 N–H and O–H groups in total. The number of carboxylic acids is 1. The number of amides is 2. The SMILES string of the molecule is O=C(O)C=Cc1ccc(NC(=O)N2CC3CCC2C3)cc1. The largest absolute Gasteiger partial charge is 0.478 e. The molecule has 1 aromatic carbocycles. The molecular weight excluding hydrogens is 268 g/mol. The highest BCUT2D eigenvalue weighted by atomic mass is 16.4. The minimum absolute atomic E-state index is 0.0315. The van der Waals surface area contributed by atoms with E-state index in [2.05, 4.69) is 5.32 Å². The number of piperidine rings is 1. The predicted octanol–water partition coefficient (Wildman–Crippen LogP) is 2.80. The van der Waals surface area contributed by atoms with Crippen molar-refractivity contribution in [1.29, 1.82) is 0 Å². The van der Waals surface area contributed by atoms with Crippen LogP contribution in [0.15, 0.2) is 30.3 Å². The van der Waals surface area contributed by atoms with Crippen LogP contribution in [0.4, 0.5) is 10.5 Å². The highest BCUT2D eigenvalue weighted by molar-refractivity contribution is 5.90. The van der Waals surface area contributed by atoms with Crippen LogP contribution in [0.2, 0.25) is 0 Å². The maximum Gasteiger partial charge on any atom is 0.328 e. The fourth-order valence-electron chi connectivity index (χ4n) is 3.21. The van der Waals surface area contributed by atoms with Crippen molar-refractivity contribution in [3.8, 4) is 0 Å². The molecule has 110 valence electrons. The summed E-state index contributed by atoms with van der Waals surface area (Å²) < 4.78 is 0. The average molecular weight is 286 g/mol. The molecule has 0 aromatic heterocycles. The second kappa shape index (κ2) is 5.60. The number of likely N-dealkylation sites (tertiary alicyclic amines) is 1. The van der Waals surface area contributed by atoms with E-state index in [0.29, 0.717) is 12.0 Å². The number of benzene rings is 1. The summed E-state index contributed by atoms with van der Waals surface area (Å²) in [6.07, 6.45) is 6.13. The zero-order valence-corrected chi connectivity index (χ0v) is 11.7. The summed E-state index contributed by atoms with van der Waals surface area (Å²) in [4.78, 5) is 24.6. The Bertz CT molecular complexity index is 580. The van der Waals surface area contributed by atoms with Crippen LogP contribution in [0, 0.1) is 5.92 Å². The number of urea groups is 1. The van der Waals surface area contributed by atoms with Gasteiger partial charge in [0.1, 0.15) is 0 Å². The first kappa shape index (κ1) is 13.7. The number of fused-ring (bicyclic) bond motifs is 2. The van der Waals surface area contributed by atoms with Crippen molar-refractivity contribution in [2.45, 2.75) is 25.3 Å². The lowest BCUT2D eigenvalue weighted by Gasteiger charge is -2.27. The number of carboxylic acid groups (broad SMARTS) is 1. The fraction of sp³-hybridized carbons (Fsp3) is 0.375. The average Bonchev–Trinajstić information content (AvgIpc) is 3.09. The van der Waals surface area contributed by atoms with Crippen molar-refractivity contribution in [2.24, 2.45) is 5.92 Å². The Morgan fingerprint density at radius 2 is 2.00 bits per heavy atom. The number of nitrogens with one attached hydrogen (secondary N) is 1. The summed E-state index contributed by atoms with van der Waals surface area (Å²) in [5.41, 5.74) is 1.52. The summed E-state index contributed by atoms with van der Waals surface area (Å²) in [7, 11) is 0. The third kappa shape index (κ3) is 3.07. The number of carbonyl (C=O) groups excluding carboxylic acids is 1. The van der Waals surface area contributed by atoms with Crippen LogP contribution in [0.3, 0.4) is 0 Å². The van der Waals surface area contributed by atoms with Gasteiger partial charge in [-0.1, -0.05) is 12.1 Å². The van der Waals surface area contributed by atoms with Gasteiger partial charge in [0.25, 0.3) is 0 Å². The van der Waals surface area contributed by atoms with Gasteiger partial charge in [0.2, 0.25) is 0 Å². The van der Waals surface area contributed by atoms with Gasteiger partial charge in [0, 0.05) is 24.4 Å². The number of rotatable bonds is 3. The molecule has 2 unspecified atom stereocenters. The van der Waals surface area contributed by atoms with Crippen molar-refractivity contribution in [3.05, 3.63) is 35.9 Å². The number of carbonyl (C=O) groups is 2. The molecule has 1 saturated heterocycles. The van der Waals surface area contributed by atoms with Crippen LogP contribution in [0.25, 0.3) is 6.08 Å². The standard InChI is InChI=1S/C16H18N2O3/c19-15(20)8-4-11-1-5-13(6-2-11)17-16(21)18-10-12-3-7-14(18)9-12/h1-2,4-6,8,12,14H,3,7,9-10H2,(H,17,21)(H,19,20). The summed E-state index contributed by atoms with van der Waals surface area (Å²) in [6, 6.07) is 7.52. The van der Waals surface area contributed by atoms with Crippen molar-refractivity contribution in [3.63, 3.8) is 0 Å². The topological polar surface area (TPSA) is 69.6 Å². The van der Waals surface area contributed by atoms with Crippen molar-refractivity contribution < 1.29 is 14.7 Å². The second-order valence-electron chi connectivity index (χ2n) is 5.71. The van der Waals surface area contributed by atoms with Crippen LogP contribution < -0.4 is 5.32 Å². The summed E-state index contributed by atoms with van der Waals surface area (Å²) >= 11 is 0. The Labute approximate surface area is 123 Å². The molecule has 1 aliphatic heterocycles. The molecule has 0 radical (unpaired) electrons. The van der Waals surface area contributed by atoms with Gasteiger partial charge in [-0.15, -0.1) is 0 Å². The summed E-state index contributed by atoms with van der Waals surface area (Å²) in [5.74, 6) is -0.291. The van der Waals surface area contributed by atoms with Gasteiger partial charge in [-0.2, -0.15) is 0 Å². The Balaban J connectivity index is 1.60. The second-order valence-corrected chi connectivity index (χ2v) is 5.71. The Kier molecular flexibility index (Phi) is 3.64. The van der Waals surface area contributed by atoms with Crippen LogP contribution in [0.1, 0.15) is 24.8 Å². The molecule has 2 bridgehead atoms.